The van der Waals surface area contributed by atoms with Gasteiger partial charge in [0.15, 0.2) is 5.82 Å². The maximum atomic E-state index is 12.4. The first-order chi connectivity index (χ1) is 12.0. The summed E-state index contributed by atoms with van der Waals surface area (Å²) < 4.78 is 32.7. The number of sulfonamides is 1. The number of hydrogen-bond donors (Lipinski definition) is 2. The average molecular weight is 363 g/mol. The number of anilines is 2. The number of nitrogens with one attached hydrogen (secondary N) is 2. The van der Waals surface area contributed by atoms with Gasteiger partial charge in [0, 0.05) is 39.7 Å². The standard InChI is InChI=1S/C16H21N5O3S/c1-21(2)13-10-16(20-18-11-13)17-6-7-19-25(22,23)14-3-4-15-12(9-14)5-8-24-15/h3-4,9-11,19H,5-8H2,1-2H3,(H,17,20). The van der Waals surface area contributed by atoms with Gasteiger partial charge in [-0.05, 0) is 23.8 Å². The van der Waals surface area contributed by atoms with E-state index in [4.69, 9.17) is 4.74 Å². The summed E-state index contributed by atoms with van der Waals surface area (Å²) in [5.74, 6) is 1.36. The first-order valence-electron chi connectivity index (χ1n) is 7.95. The van der Waals surface area contributed by atoms with E-state index < -0.39 is 10.0 Å². The lowest BCUT2D eigenvalue weighted by Crippen LogP contribution is -2.29. The number of aromatic nitrogens is 2. The molecule has 0 unspecified atom stereocenters. The van der Waals surface area contributed by atoms with E-state index in [1.54, 1.807) is 24.4 Å². The summed E-state index contributed by atoms with van der Waals surface area (Å²) in [7, 11) is 0.279. The van der Waals surface area contributed by atoms with Crippen LogP contribution in [0.15, 0.2) is 35.4 Å². The lowest BCUT2D eigenvalue weighted by Gasteiger charge is -2.13. The molecule has 0 radical (unpaired) electrons. The number of ether oxygens (including phenoxy) is 1. The molecule has 0 amide bonds. The Kier molecular flexibility index (Phi) is 5.05. The number of rotatable bonds is 7. The van der Waals surface area contributed by atoms with Crippen LogP contribution in [0.2, 0.25) is 0 Å². The van der Waals surface area contributed by atoms with Crippen LogP contribution in [-0.2, 0) is 16.4 Å². The molecule has 0 saturated carbocycles. The lowest BCUT2D eigenvalue weighted by atomic mass is 10.2. The van der Waals surface area contributed by atoms with E-state index in [-0.39, 0.29) is 11.4 Å². The smallest absolute Gasteiger partial charge is 0.240 e. The monoisotopic (exact) mass is 363 g/mol. The molecule has 0 atom stereocenters. The van der Waals surface area contributed by atoms with Crippen LogP contribution in [0.1, 0.15) is 5.56 Å². The molecule has 2 aromatic rings. The van der Waals surface area contributed by atoms with E-state index in [2.05, 4.69) is 20.2 Å². The van der Waals surface area contributed by atoms with Crippen LogP contribution in [0.5, 0.6) is 5.75 Å². The number of benzene rings is 1. The molecule has 0 saturated heterocycles. The Labute approximate surface area is 147 Å². The van der Waals surface area contributed by atoms with E-state index >= 15 is 0 Å². The predicted octanol–water partition coefficient (Wildman–Crippen LogP) is 0.868. The molecule has 0 spiro atoms. The third-order valence-corrected chi connectivity index (χ3v) is 5.31. The van der Waals surface area contributed by atoms with Crippen molar-refractivity contribution in [1.29, 1.82) is 0 Å². The maximum absolute atomic E-state index is 12.4. The molecule has 1 aliphatic heterocycles. The van der Waals surface area contributed by atoms with E-state index in [1.165, 1.54) is 0 Å². The fraction of sp³-hybridized carbons (Fsp3) is 0.375. The molecule has 1 aromatic carbocycles. The molecule has 0 bridgehead atoms. The minimum absolute atomic E-state index is 0.240. The molecule has 1 aliphatic rings. The first kappa shape index (κ1) is 17.4. The maximum Gasteiger partial charge on any atom is 0.240 e. The van der Waals surface area contributed by atoms with Crippen molar-refractivity contribution in [2.45, 2.75) is 11.3 Å². The van der Waals surface area contributed by atoms with Crippen molar-refractivity contribution in [2.75, 3.05) is 44.0 Å². The highest BCUT2D eigenvalue weighted by molar-refractivity contribution is 7.89. The fourth-order valence-electron chi connectivity index (χ4n) is 2.48. The number of hydrogen-bond acceptors (Lipinski definition) is 7. The molecular weight excluding hydrogens is 342 g/mol. The highest BCUT2D eigenvalue weighted by Gasteiger charge is 2.18. The van der Waals surface area contributed by atoms with Gasteiger partial charge in [0.25, 0.3) is 0 Å². The molecule has 25 heavy (non-hydrogen) atoms. The Bertz CT molecular complexity index is 855. The number of nitrogens with zero attached hydrogens (tertiary/aromatic N) is 3. The average Bonchev–Trinajstić information content (AvgIpc) is 3.07. The Balaban J connectivity index is 1.55. The van der Waals surface area contributed by atoms with E-state index in [9.17, 15) is 8.42 Å². The van der Waals surface area contributed by atoms with Crippen LogP contribution in [-0.4, -0.2) is 52.4 Å². The van der Waals surface area contributed by atoms with Crippen LogP contribution >= 0.6 is 0 Å². The van der Waals surface area contributed by atoms with Crippen molar-refractivity contribution in [3.05, 3.63) is 36.0 Å². The van der Waals surface area contributed by atoms with Crippen LogP contribution < -0.4 is 19.7 Å². The zero-order valence-corrected chi connectivity index (χ0v) is 15.0. The predicted molar refractivity (Wildman–Crippen MR) is 95.7 cm³/mol. The van der Waals surface area contributed by atoms with Gasteiger partial charge in [-0.25, -0.2) is 13.1 Å². The summed E-state index contributed by atoms with van der Waals surface area (Å²) in [6, 6.07) is 6.79. The van der Waals surface area contributed by atoms with Gasteiger partial charge < -0.3 is 15.0 Å². The summed E-state index contributed by atoms with van der Waals surface area (Å²) in [5.41, 5.74) is 1.84. The highest BCUT2D eigenvalue weighted by Crippen LogP contribution is 2.27. The molecule has 0 fully saturated rings. The molecule has 2 heterocycles. The SMILES string of the molecule is CN(C)c1cnnc(NCCNS(=O)(=O)c2ccc3c(c2)CCO3)c1. The van der Waals surface area contributed by atoms with Crippen molar-refractivity contribution in [3.8, 4) is 5.75 Å². The van der Waals surface area contributed by atoms with Gasteiger partial charge in [-0.2, -0.15) is 5.10 Å². The fourth-order valence-corrected chi connectivity index (χ4v) is 3.56. The van der Waals surface area contributed by atoms with Gasteiger partial charge in [-0.15, -0.1) is 5.10 Å². The van der Waals surface area contributed by atoms with Crippen LogP contribution in [0.3, 0.4) is 0 Å². The summed E-state index contributed by atoms with van der Waals surface area (Å²) in [4.78, 5) is 2.17. The van der Waals surface area contributed by atoms with Gasteiger partial charge in [-0.1, -0.05) is 0 Å². The van der Waals surface area contributed by atoms with Crippen LogP contribution in [0.25, 0.3) is 0 Å². The molecule has 2 N–H and O–H groups in total. The van der Waals surface area contributed by atoms with E-state index in [0.29, 0.717) is 19.0 Å². The van der Waals surface area contributed by atoms with Gasteiger partial charge in [0.05, 0.1) is 23.4 Å². The minimum atomic E-state index is -3.55. The molecule has 9 heteroatoms. The quantitative estimate of drug-likeness (QED) is 0.705. The largest absolute Gasteiger partial charge is 0.493 e. The van der Waals surface area contributed by atoms with Crippen LogP contribution in [0, 0.1) is 0 Å². The van der Waals surface area contributed by atoms with Crippen molar-refractivity contribution < 1.29 is 13.2 Å². The molecule has 1 aromatic heterocycles. The van der Waals surface area contributed by atoms with Gasteiger partial charge in [0.1, 0.15) is 5.75 Å². The second kappa shape index (κ2) is 7.24. The normalized spacial score (nSPS) is 13.2. The summed E-state index contributed by atoms with van der Waals surface area (Å²) in [6.45, 7) is 1.24. The zero-order valence-electron chi connectivity index (χ0n) is 14.2. The van der Waals surface area contributed by atoms with Crippen LogP contribution in [0.4, 0.5) is 11.5 Å². The molecule has 3 rings (SSSR count). The summed E-state index contributed by atoms with van der Waals surface area (Å²) in [5, 5.41) is 10.9. The highest BCUT2D eigenvalue weighted by atomic mass is 32.2. The Morgan fingerprint density at radius 3 is 2.88 bits per heavy atom. The molecule has 8 nitrogen and oxygen atoms in total. The van der Waals surface area contributed by atoms with Gasteiger partial charge in [-0.3, -0.25) is 0 Å². The van der Waals surface area contributed by atoms with Gasteiger partial charge in [0.2, 0.25) is 10.0 Å². The van der Waals surface area contributed by atoms with Crippen molar-refractivity contribution in [3.63, 3.8) is 0 Å². The Hall–Kier alpha value is -2.39. The first-order valence-corrected chi connectivity index (χ1v) is 9.43. The summed E-state index contributed by atoms with van der Waals surface area (Å²) in [6.07, 6.45) is 2.40. The second-order valence-electron chi connectivity index (χ2n) is 5.89. The molecular formula is C16H21N5O3S. The Morgan fingerprint density at radius 1 is 1.24 bits per heavy atom. The third kappa shape index (κ3) is 4.18. The summed E-state index contributed by atoms with van der Waals surface area (Å²) >= 11 is 0. The van der Waals surface area contributed by atoms with E-state index in [0.717, 1.165) is 23.4 Å². The molecule has 134 valence electrons. The Morgan fingerprint density at radius 2 is 2.08 bits per heavy atom. The third-order valence-electron chi connectivity index (χ3n) is 3.85. The van der Waals surface area contributed by atoms with Crippen molar-refractivity contribution in [1.82, 2.24) is 14.9 Å². The topological polar surface area (TPSA) is 96.5 Å². The number of fused-ring (bicyclic) bond motifs is 1. The zero-order chi connectivity index (χ0) is 17.9. The van der Waals surface area contributed by atoms with Crippen molar-refractivity contribution in [2.24, 2.45) is 0 Å². The van der Waals surface area contributed by atoms with E-state index in [1.807, 2.05) is 25.1 Å². The van der Waals surface area contributed by atoms with Crippen molar-refractivity contribution >= 4 is 21.5 Å². The van der Waals surface area contributed by atoms with Gasteiger partial charge >= 0.3 is 0 Å². The molecule has 0 aliphatic carbocycles. The second-order valence-corrected chi connectivity index (χ2v) is 7.65. The minimum Gasteiger partial charge on any atom is -0.493 e. The lowest BCUT2D eigenvalue weighted by molar-refractivity contribution is 0.356.